The SMILES string of the molecule is CCCCNC(=O)N=CC(CSCc1cc(CSCCC(N)=O)cc(CN2CCN(C(=O)CN3CCN(CC(=O)O)CCN(CC(=O)O)CCN(CC(=O)O)CC3)CC2)c1)C(=O)N1CCC[C@H]1C(=O)N1CCC[C@H]1C(=O)N[C@@H](CC)C(=O)N[C@@H](CCC(N)=O)C(=O)N[C@@H](Cc1ccccc1)C(N)=O. The van der Waals surface area contributed by atoms with Gasteiger partial charge in [-0.05, 0) is 67.2 Å². The van der Waals surface area contributed by atoms with Gasteiger partial charge in [0.05, 0.1) is 32.1 Å². The number of nitrogens with two attached hydrogens (primary N) is 3. The van der Waals surface area contributed by atoms with Crippen LogP contribution in [0.25, 0.3) is 0 Å². The molecule has 4 saturated heterocycles. The fourth-order valence-electron chi connectivity index (χ4n) is 12.8. The van der Waals surface area contributed by atoms with E-state index in [1.54, 1.807) is 68.6 Å². The van der Waals surface area contributed by atoms with Crippen LogP contribution in [0.3, 0.4) is 0 Å². The average molecular weight is 1480 g/mol. The molecule has 568 valence electrons. The third-order valence-corrected chi connectivity index (χ3v) is 20.6. The van der Waals surface area contributed by atoms with Crippen molar-refractivity contribution in [2.45, 2.75) is 133 Å². The molecule has 1 unspecified atom stereocenters. The Morgan fingerprint density at radius 2 is 1.09 bits per heavy atom. The molecule has 0 spiro atoms. The summed E-state index contributed by atoms with van der Waals surface area (Å²) >= 11 is 3.00. The van der Waals surface area contributed by atoms with Crippen molar-refractivity contribution in [3.8, 4) is 0 Å². The van der Waals surface area contributed by atoms with E-state index in [-0.39, 0.29) is 129 Å². The van der Waals surface area contributed by atoms with E-state index >= 15 is 0 Å². The molecule has 103 heavy (non-hydrogen) atoms. The molecule has 4 fully saturated rings. The smallest absolute Gasteiger partial charge is 0.340 e. The maximum Gasteiger partial charge on any atom is 0.340 e. The van der Waals surface area contributed by atoms with E-state index in [2.05, 4.69) is 49.4 Å². The van der Waals surface area contributed by atoms with Crippen molar-refractivity contribution in [1.29, 1.82) is 0 Å². The molecular weight excluding hydrogens is 1370 g/mol. The number of aliphatic carboxylic acids is 3. The first kappa shape index (κ1) is 83.7. The molecule has 0 bridgehead atoms. The molecule has 0 aromatic heterocycles. The number of hydrogen-bond acceptors (Lipinski definition) is 20. The lowest BCUT2D eigenvalue weighted by Gasteiger charge is -2.37. The van der Waals surface area contributed by atoms with Crippen molar-refractivity contribution in [3.05, 3.63) is 70.8 Å². The predicted octanol–water partition coefficient (Wildman–Crippen LogP) is -0.815. The Labute approximate surface area is 609 Å². The first-order valence-electron chi connectivity index (χ1n) is 35.3. The molecule has 6 rings (SSSR count). The summed E-state index contributed by atoms with van der Waals surface area (Å²) < 4.78 is 0. The molecule has 2 aromatic rings. The Morgan fingerprint density at radius 3 is 1.63 bits per heavy atom. The fourth-order valence-corrected chi connectivity index (χ4v) is 14.7. The van der Waals surface area contributed by atoms with Crippen molar-refractivity contribution in [2.24, 2.45) is 28.1 Å². The molecule has 0 aliphatic carbocycles. The van der Waals surface area contributed by atoms with Crippen molar-refractivity contribution >= 4 is 107 Å². The van der Waals surface area contributed by atoms with Crippen molar-refractivity contribution in [3.63, 3.8) is 0 Å². The topological polar surface area (TPSA) is 447 Å². The van der Waals surface area contributed by atoms with Crippen molar-refractivity contribution in [2.75, 3.05) is 136 Å². The molecule has 4 heterocycles. The molecule has 4 aliphatic rings. The van der Waals surface area contributed by atoms with Crippen molar-refractivity contribution < 1.29 is 77.6 Å². The van der Waals surface area contributed by atoms with E-state index in [9.17, 15) is 77.6 Å². The van der Waals surface area contributed by atoms with Gasteiger partial charge in [-0.25, -0.2) is 9.79 Å². The van der Waals surface area contributed by atoms with E-state index < -0.39 is 107 Å². The molecule has 4 aliphatic heterocycles. The van der Waals surface area contributed by atoms with Gasteiger partial charge < -0.3 is 68.5 Å². The predicted molar refractivity (Wildman–Crippen MR) is 387 cm³/mol. The number of hydrogen-bond donors (Lipinski definition) is 10. The lowest BCUT2D eigenvalue weighted by molar-refractivity contribution is -0.147. The highest BCUT2D eigenvalue weighted by molar-refractivity contribution is 7.98. The summed E-state index contributed by atoms with van der Waals surface area (Å²) in [5, 5.41) is 39.6. The van der Waals surface area contributed by atoms with E-state index in [4.69, 9.17) is 17.2 Å². The number of carbonyl (C=O) groups is 13. The normalized spacial score (nSPS) is 18.9. The highest BCUT2D eigenvalue weighted by Gasteiger charge is 2.44. The second kappa shape index (κ2) is 43.7. The summed E-state index contributed by atoms with van der Waals surface area (Å²) in [4.78, 5) is 188. The number of carbonyl (C=O) groups excluding carboxylic acids is 10. The molecule has 13 N–H and O–H groups in total. The second-order valence-electron chi connectivity index (χ2n) is 26.4. The highest BCUT2D eigenvalue weighted by atomic mass is 32.2. The van der Waals surface area contributed by atoms with Crippen LogP contribution in [-0.4, -0.2) is 304 Å². The quantitative estimate of drug-likeness (QED) is 0.0290. The van der Waals surface area contributed by atoms with Gasteiger partial charge in [0.2, 0.25) is 53.2 Å². The Morgan fingerprint density at radius 1 is 0.573 bits per heavy atom. The van der Waals surface area contributed by atoms with Gasteiger partial charge in [0, 0.05) is 153 Å². The van der Waals surface area contributed by atoms with Gasteiger partial charge in [-0.1, -0.05) is 68.8 Å². The van der Waals surface area contributed by atoms with Crippen LogP contribution in [0.15, 0.2) is 53.5 Å². The average Bonchev–Trinajstić information content (AvgIpc) is 1.68. The van der Waals surface area contributed by atoms with Crippen LogP contribution in [0, 0.1) is 5.92 Å². The number of piperazine rings is 1. The van der Waals surface area contributed by atoms with Crippen LogP contribution in [0.4, 0.5) is 4.79 Å². The van der Waals surface area contributed by atoms with Gasteiger partial charge in [0.15, 0.2) is 0 Å². The first-order chi connectivity index (χ1) is 49.3. The summed E-state index contributed by atoms with van der Waals surface area (Å²) in [5.74, 6) is -7.64. The van der Waals surface area contributed by atoms with Gasteiger partial charge in [-0.3, -0.25) is 82.0 Å². The third kappa shape index (κ3) is 29.4. The third-order valence-electron chi connectivity index (χ3n) is 18.4. The summed E-state index contributed by atoms with van der Waals surface area (Å²) in [7, 11) is 0. The highest BCUT2D eigenvalue weighted by Crippen LogP contribution is 2.29. The maximum atomic E-state index is 14.9. The van der Waals surface area contributed by atoms with Crippen LogP contribution in [0.1, 0.15) is 100 Å². The zero-order valence-electron chi connectivity index (χ0n) is 59.1. The standard InChI is InChI=1S/C69H104N16O16S2/c1-3-5-18-73-69(101)74-38-51(67(99)85-20-10-14-56(85)68(100)84-19-9-13-55(84)66(98)75-52(4-2)64(96)76-53(15-16-57(70)86)65(97)77-54(63(72)95)37-47-11-7-6-8-12-47)46-103-45-50-35-48(34-49(36-50)44-102-33-17-58(71)87)39-78-29-31-83(32-30-78)59(88)40-79-21-23-80(41-60(89)90)25-27-82(43-62(93)94)28-26-81(24-22-79)42-61(91)92/h6-8,11-12,34-36,38,51-56H,3-5,9-10,13-33,37,39-46H2,1-2H3,(H2,70,86)(H2,71,87)(H2,72,95)(H,73,101)(H,75,98)(H,76,96)(H,77,97)(H,89,90)(H,91,92)(H,93,94)/t51?,52-,53-,54-,55-,56-/m0/s1. The number of unbranched alkanes of at least 4 members (excludes halogenated alkanes) is 1. The minimum atomic E-state index is -1.36. The summed E-state index contributed by atoms with van der Waals surface area (Å²) in [5.41, 5.74) is 20.2. The molecular formula is C69H104N16O16S2. The number of aliphatic imine (C=N–C) groups is 1. The Balaban J connectivity index is 1.11. The number of likely N-dealkylation sites (tertiary alicyclic amines) is 2. The number of benzene rings is 2. The molecule has 2 aromatic carbocycles. The number of primary amides is 3. The molecule has 34 heteroatoms. The van der Waals surface area contributed by atoms with E-state index in [1.165, 1.54) is 27.8 Å². The Hall–Kier alpha value is -8.28. The molecule has 0 saturated carbocycles. The van der Waals surface area contributed by atoms with Crippen molar-refractivity contribution in [1.82, 2.24) is 60.5 Å². The van der Waals surface area contributed by atoms with Crippen LogP contribution in [0.2, 0.25) is 0 Å². The largest absolute Gasteiger partial charge is 0.480 e. The maximum absolute atomic E-state index is 14.9. The van der Waals surface area contributed by atoms with Gasteiger partial charge in [0.25, 0.3) is 0 Å². The Bertz CT molecular complexity index is 3230. The first-order valence-corrected chi connectivity index (χ1v) is 37.7. The van der Waals surface area contributed by atoms with Crippen LogP contribution < -0.4 is 38.5 Å². The van der Waals surface area contributed by atoms with Crippen LogP contribution in [0.5, 0.6) is 0 Å². The van der Waals surface area contributed by atoms with E-state index in [1.807, 2.05) is 11.8 Å². The molecule has 11 amide bonds. The summed E-state index contributed by atoms with van der Waals surface area (Å²) in [6.07, 6.45) is 4.12. The van der Waals surface area contributed by atoms with E-state index in [0.717, 1.165) is 23.1 Å². The number of nitrogens with one attached hydrogen (secondary N) is 4. The Kier molecular flexibility index (Phi) is 35.5. The fraction of sp³-hybridized carbons (Fsp3) is 0.623. The van der Waals surface area contributed by atoms with Crippen LogP contribution in [-0.2, 0) is 82.0 Å². The second-order valence-corrected chi connectivity index (χ2v) is 28.6. The summed E-state index contributed by atoms with van der Waals surface area (Å²) in [6.45, 7) is 8.23. The molecule has 32 nitrogen and oxygen atoms in total. The number of urea groups is 1. The number of amides is 11. The number of rotatable bonds is 38. The zero-order chi connectivity index (χ0) is 75.0. The number of thioether (sulfide) groups is 2. The summed E-state index contributed by atoms with van der Waals surface area (Å²) in [6, 6.07) is 8.74. The van der Waals surface area contributed by atoms with Gasteiger partial charge in [0.1, 0.15) is 30.2 Å². The van der Waals surface area contributed by atoms with E-state index in [0.29, 0.717) is 101 Å². The van der Waals surface area contributed by atoms with Gasteiger partial charge in [-0.15, -0.1) is 0 Å². The molecule has 0 radical (unpaired) electrons. The number of carboxylic acid groups (broad SMARTS) is 3. The monoisotopic (exact) mass is 1480 g/mol. The van der Waals surface area contributed by atoms with Crippen LogP contribution >= 0.6 is 23.5 Å². The zero-order valence-corrected chi connectivity index (χ0v) is 60.8. The lowest BCUT2D eigenvalue weighted by atomic mass is 10.0. The number of nitrogens with zero attached hydrogens (tertiary/aromatic N) is 9. The minimum Gasteiger partial charge on any atom is -0.480 e. The van der Waals surface area contributed by atoms with Gasteiger partial charge in [-0.2, -0.15) is 23.5 Å². The minimum absolute atomic E-state index is 0.0199. The van der Waals surface area contributed by atoms with Gasteiger partial charge >= 0.3 is 23.9 Å². The lowest BCUT2D eigenvalue weighted by Crippen LogP contribution is -2.58. The number of carboxylic acids is 3. The molecule has 6 atom stereocenters.